The Balaban J connectivity index is 3.45. The van der Waals surface area contributed by atoms with Crippen molar-refractivity contribution in [2.75, 3.05) is 13.2 Å². The smallest absolute Gasteiger partial charge is 0.305 e. The summed E-state index contributed by atoms with van der Waals surface area (Å²) in [6.45, 7) is 4.89. The van der Waals surface area contributed by atoms with Crippen LogP contribution in [0.1, 0.15) is 290 Å². The van der Waals surface area contributed by atoms with Crippen LogP contribution in [0.15, 0.2) is 24.3 Å². The van der Waals surface area contributed by atoms with Crippen LogP contribution in [0, 0.1) is 0 Å². The molecule has 0 aromatic heterocycles. The van der Waals surface area contributed by atoms with Crippen LogP contribution in [0.4, 0.5) is 0 Å². The standard InChI is InChI=1S/C55H105NO5/c1-3-5-7-9-11-13-15-27-31-35-39-43-47-53(58)52(51-57)56-54(59)48-44-40-36-32-28-25-23-21-19-17-18-20-22-24-26-30-34-38-42-46-50-61-55(60)49-45-41-37-33-29-16-14-12-10-8-6-4-2/h17,19,43,47,52-53,57-58H,3-16,18,20-42,44-46,48-51H2,1-2H3,(H,56,59)/b19-17-,47-43+. The third-order valence-corrected chi connectivity index (χ3v) is 12.5. The van der Waals surface area contributed by atoms with Gasteiger partial charge in [0.05, 0.1) is 25.4 Å². The van der Waals surface area contributed by atoms with Gasteiger partial charge < -0.3 is 20.3 Å². The summed E-state index contributed by atoms with van der Waals surface area (Å²) in [5.41, 5.74) is 0. The predicted molar refractivity (Wildman–Crippen MR) is 264 cm³/mol. The molecule has 0 radical (unpaired) electrons. The lowest BCUT2D eigenvalue weighted by atomic mass is 10.0. The number of hydrogen-bond donors (Lipinski definition) is 3. The Morgan fingerprint density at radius 2 is 0.770 bits per heavy atom. The lowest BCUT2D eigenvalue weighted by molar-refractivity contribution is -0.143. The van der Waals surface area contributed by atoms with Gasteiger partial charge in [0.2, 0.25) is 5.91 Å². The maximum Gasteiger partial charge on any atom is 0.305 e. The summed E-state index contributed by atoms with van der Waals surface area (Å²) < 4.78 is 5.46. The third kappa shape index (κ3) is 47.7. The third-order valence-electron chi connectivity index (χ3n) is 12.5. The molecule has 3 N–H and O–H groups in total. The Morgan fingerprint density at radius 3 is 1.16 bits per heavy atom. The van der Waals surface area contributed by atoms with E-state index in [0.717, 1.165) is 44.9 Å². The molecule has 0 fully saturated rings. The number of allylic oxidation sites excluding steroid dienone is 3. The van der Waals surface area contributed by atoms with E-state index in [9.17, 15) is 19.8 Å². The van der Waals surface area contributed by atoms with Crippen molar-refractivity contribution in [3.05, 3.63) is 24.3 Å². The number of ether oxygens (including phenoxy) is 1. The minimum Gasteiger partial charge on any atom is -0.466 e. The Labute approximate surface area is 380 Å². The second-order valence-corrected chi connectivity index (χ2v) is 18.6. The van der Waals surface area contributed by atoms with Crippen molar-refractivity contribution >= 4 is 11.9 Å². The molecule has 6 nitrogen and oxygen atoms in total. The molecule has 0 saturated heterocycles. The van der Waals surface area contributed by atoms with Crippen LogP contribution >= 0.6 is 0 Å². The molecule has 0 aliphatic carbocycles. The van der Waals surface area contributed by atoms with Gasteiger partial charge in [-0.1, -0.05) is 244 Å². The van der Waals surface area contributed by atoms with Crippen LogP contribution in [-0.2, 0) is 14.3 Å². The predicted octanol–water partition coefficient (Wildman–Crippen LogP) is 16.3. The van der Waals surface area contributed by atoms with Gasteiger partial charge in [-0.25, -0.2) is 0 Å². The molecular weight excluding hydrogens is 755 g/mol. The van der Waals surface area contributed by atoms with Gasteiger partial charge in [-0.15, -0.1) is 0 Å². The molecule has 0 heterocycles. The summed E-state index contributed by atoms with van der Waals surface area (Å²) in [5.74, 6) is -0.0713. The molecule has 6 heteroatoms. The minimum atomic E-state index is -0.848. The quantitative estimate of drug-likeness (QED) is 0.0322. The number of unbranched alkanes of at least 4 members (excludes halogenated alkanes) is 37. The van der Waals surface area contributed by atoms with Gasteiger partial charge in [-0.3, -0.25) is 9.59 Å². The molecule has 0 aromatic carbocycles. The molecule has 0 spiro atoms. The summed E-state index contributed by atoms with van der Waals surface area (Å²) in [7, 11) is 0. The summed E-state index contributed by atoms with van der Waals surface area (Å²) in [6, 6.07) is -0.632. The van der Waals surface area contributed by atoms with Gasteiger partial charge in [0.1, 0.15) is 0 Å². The lowest BCUT2D eigenvalue weighted by Crippen LogP contribution is -2.45. The first-order valence-electron chi connectivity index (χ1n) is 27.1. The summed E-state index contributed by atoms with van der Waals surface area (Å²) in [4.78, 5) is 24.4. The van der Waals surface area contributed by atoms with Crippen LogP contribution in [-0.4, -0.2) is 47.4 Å². The Hall–Kier alpha value is -1.66. The first kappa shape index (κ1) is 59.3. The van der Waals surface area contributed by atoms with Gasteiger partial charge in [0, 0.05) is 12.8 Å². The number of carbonyl (C=O) groups is 2. The highest BCUT2D eigenvalue weighted by Crippen LogP contribution is 2.16. The van der Waals surface area contributed by atoms with Gasteiger partial charge in [0.25, 0.3) is 0 Å². The van der Waals surface area contributed by atoms with Crippen molar-refractivity contribution in [1.29, 1.82) is 0 Å². The number of aliphatic hydroxyl groups is 2. The highest BCUT2D eigenvalue weighted by atomic mass is 16.5. The van der Waals surface area contributed by atoms with Crippen LogP contribution in [0.3, 0.4) is 0 Å². The van der Waals surface area contributed by atoms with Crippen LogP contribution in [0.2, 0.25) is 0 Å². The van der Waals surface area contributed by atoms with Crippen LogP contribution in [0.25, 0.3) is 0 Å². The van der Waals surface area contributed by atoms with E-state index in [0.29, 0.717) is 19.4 Å². The van der Waals surface area contributed by atoms with E-state index in [2.05, 4.69) is 31.3 Å². The van der Waals surface area contributed by atoms with Crippen molar-refractivity contribution in [2.45, 2.75) is 302 Å². The number of esters is 1. The molecule has 0 aromatic rings. The first-order chi connectivity index (χ1) is 30.0. The normalized spacial score (nSPS) is 12.8. The summed E-state index contributed by atoms with van der Waals surface area (Å²) in [5, 5.41) is 23.0. The SMILES string of the molecule is CCCCCCCCCCCC/C=C/C(O)C(CO)NC(=O)CCCCCCCCC/C=C\CCCCCCCCCCCOC(=O)CCCCCCCCCCCCCC. The number of nitrogens with one attached hydrogen (secondary N) is 1. The van der Waals surface area contributed by atoms with Crippen molar-refractivity contribution in [3.8, 4) is 0 Å². The Kier molecular flexibility index (Phi) is 49.6. The molecule has 2 atom stereocenters. The highest BCUT2D eigenvalue weighted by molar-refractivity contribution is 5.76. The first-order valence-corrected chi connectivity index (χ1v) is 27.1. The second kappa shape index (κ2) is 51.0. The van der Waals surface area contributed by atoms with E-state index in [1.165, 1.54) is 218 Å². The van der Waals surface area contributed by atoms with E-state index in [1.54, 1.807) is 6.08 Å². The van der Waals surface area contributed by atoms with Crippen molar-refractivity contribution < 1.29 is 24.5 Å². The maximum atomic E-state index is 12.4. The monoisotopic (exact) mass is 860 g/mol. The lowest BCUT2D eigenvalue weighted by Gasteiger charge is -2.20. The number of aliphatic hydroxyl groups excluding tert-OH is 2. The molecule has 0 aliphatic rings. The second-order valence-electron chi connectivity index (χ2n) is 18.6. The molecule has 0 bridgehead atoms. The maximum absolute atomic E-state index is 12.4. The summed E-state index contributed by atoms with van der Waals surface area (Å²) >= 11 is 0. The van der Waals surface area contributed by atoms with E-state index in [4.69, 9.17) is 4.74 Å². The zero-order chi connectivity index (χ0) is 44.4. The fraction of sp³-hybridized carbons (Fsp3) is 0.891. The number of hydrogen-bond acceptors (Lipinski definition) is 5. The number of amides is 1. The van der Waals surface area contributed by atoms with Crippen molar-refractivity contribution in [2.24, 2.45) is 0 Å². The molecule has 1 amide bonds. The Bertz CT molecular complexity index is 951. The minimum absolute atomic E-state index is 0.00593. The largest absolute Gasteiger partial charge is 0.466 e. The summed E-state index contributed by atoms with van der Waals surface area (Å²) in [6.07, 6.45) is 60.5. The van der Waals surface area contributed by atoms with Gasteiger partial charge >= 0.3 is 5.97 Å². The van der Waals surface area contributed by atoms with Crippen molar-refractivity contribution in [1.82, 2.24) is 5.32 Å². The molecular formula is C55H105NO5. The zero-order valence-electron chi connectivity index (χ0n) is 40.9. The number of rotatable bonds is 50. The fourth-order valence-electron chi connectivity index (χ4n) is 8.27. The Morgan fingerprint density at radius 1 is 0.443 bits per heavy atom. The fourth-order valence-corrected chi connectivity index (χ4v) is 8.27. The van der Waals surface area contributed by atoms with E-state index in [-0.39, 0.29) is 18.5 Å². The molecule has 360 valence electrons. The van der Waals surface area contributed by atoms with E-state index < -0.39 is 12.1 Å². The van der Waals surface area contributed by atoms with Gasteiger partial charge in [-0.05, 0) is 57.8 Å². The molecule has 0 rings (SSSR count). The number of carbonyl (C=O) groups excluding carboxylic acids is 2. The van der Waals surface area contributed by atoms with Gasteiger partial charge in [0.15, 0.2) is 0 Å². The topological polar surface area (TPSA) is 95.9 Å². The van der Waals surface area contributed by atoms with Gasteiger partial charge in [-0.2, -0.15) is 0 Å². The molecule has 61 heavy (non-hydrogen) atoms. The molecule has 2 unspecified atom stereocenters. The average molecular weight is 860 g/mol. The molecule has 0 aliphatic heterocycles. The molecule has 0 saturated carbocycles. The highest BCUT2D eigenvalue weighted by Gasteiger charge is 2.18. The van der Waals surface area contributed by atoms with Crippen molar-refractivity contribution in [3.63, 3.8) is 0 Å². The van der Waals surface area contributed by atoms with E-state index >= 15 is 0 Å². The zero-order valence-corrected chi connectivity index (χ0v) is 40.9. The van der Waals surface area contributed by atoms with E-state index in [1.807, 2.05) is 6.08 Å². The van der Waals surface area contributed by atoms with Crippen LogP contribution < -0.4 is 5.32 Å². The average Bonchev–Trinajstić information content (AvgIpc) is 3.26. The van der Waals surface area contributed by atoms with Crippen LogP contribution in [0.5, 0.6) is 0 Å².